The number of aryl methyl sites for hydroxylation is 1. The van der Waals surface area contributed by atoms with Crippen LogP contribution in [0.1, 0.15) is 21.6 Å². The molecule has 2 aromatic carbocycles. The molecule has 7 heteroatoms. The fourth-order valence-electron chi connectivity index (χ4n) is 2.60. The third-order valence-electron chi connectivity index (χ3n) is 4.05. The molecule has 0 aliphatic rings. The number of hydrogen-bond donors (Lipinski definition) is 3. The number of nitrogens with one attached hydrogen (secondary N) is 3. The maximum Gasteiger partial charge on any atom is 0.271 e. The topological polar surface area (TPSA) is 75.3 Å². The number of pyridine rings is 1. The molecule has 0 fully saturated rings. The van der Waals surface area contributed by atoms with E-state index in [1.54, 1.807) is 20.1 Å². The maximum atomic E-state index is 12.5. The Labute approximate surface area is 162 Å². The molecule has 3 rings (SSSR count). The highest BCUT2D eigenvalue weighted by atomic mass is 32.1. The molecule has 1 aromatic heterocycles. The Morgan fingerprint density at radius 2 is 1.89 bits per heavy atom. The Morgan fingerprint density at radius 1 is 1.11 bits per heavy atom. The van der Waals surface area contributed by atoms with Gasteiger partial charge in [-0.1, -0.05) is 30.3 Å². The fourth-order valence-corrected chi connectivity index (χ4v) is 2.73. The van der Waals surface area contributed by atoms with Crippen molar-refractivity contribution in [1.29, 1.82) is 0 Å². The van der Waals surface area contributed by atoms with E-state index in [9.17, 15) is 4.79 Å². The number of ether oxygens (including phenoxy) is 1. The van der Waals surface area contributed by atoms with Crippen LogP contribution in [0.25, 0.3) is 10.9 Å². The first-order valence-electron chi connectivity index (χ1n) is 8.40. The molecule has 6 nitrogen and oxygen atoms in total. The summed E-state index contributed by atoms with van der Waals surface area (Å²) in [5.74, 6) is 0.421. The van der Waals surface area contributed by atoms with E-state index in [1.807, 2.05) is 48.5 Å². The molecule has 0 radical (unpaired) electrons. The van der Waals surface area contributed by atoms with Crippen LogP contribution in [0, 0.1) is 6.92 Å². The summed E-state index contributed by atoms with van der Waals surface area (Å²) in [7, 11) is 1.61. The summed E-state index contributed by atoms with van der Waals surface area (Å²) < 4.78 is 5.21. The average molecular weight is 380 g/mol. The van der Waals surface area contributed by atoms with Gasteiger partial charge in [0.05, 0.1) is 23.9 Å². The molecule has 0 atom stereocenters. The van der Waals surface area contributed by atoms with Crippen molar-refractivity contribution in [3.63, 3.8) is 0 Å². The van der Waals surface area contributed by atoms with Gasteiger partial charge in [-0.25, -0.2) is 0 Å². The molecule has 0 bridgehead atoms. The molecule has 0 saturated heterocycles. The minimum absolute atomic E-state index is 0.304. The zero-order valence-corrected chi connectivity index (χ0v) is 15.9. The molecule has 0 aliphatic carbocycles. The number of fused-ring (bicyclic) bond motifs is 1. The lowest BCUT2D eigenvalue weighted by atomic mass is 10.1. The van der Waals surface area contributed by atoms with Gasteiger partial charge in [0.25, 0.3) is 5.91 Å². The van der Waals surface area contributed by atoms with Crippen molar-refractivity contribution in [2.45, 2.75) is 13.5 Å². The summed E-state index contributed by atoms with van der Waals surface area (Å²) in [4.78, 5) is 17.0. The molecule has 27 heavy (non-hydrogen) atoms. The van der Waals surface area contributed by atoms with Crippen LogP contribution >= 0.6 is 12.2 Å². The molecule has 138 valence electrons. The van der Waals surface area contributed by atoms with Gasteiger partial charge in [0, 0.05) is 18.0 Å². The van der Waals surface area contributed by atoms with Crippen molar-refractivity contribution >= 4 is 34.1 Å². The lowest BCUT2D eigenvalue weighted by Crippen LogP contribution is -2.46. The predicted octanol–water partition coefficient (Wildman–Crippen LogP) is 2.86. The quantitative estimate of drug-likeness (QED) is 0.477. The number of benzene rings is 2. The molecular formula is C20H20N4O2S. The van der Waals surface area contributed by atoms with Gasteiger partial charge in [-0.2, -0.15) is 0 Å². The summed E-state index contributed by atoms with van der Waals surface area (Å²) in [6.45, 7) is 2.36. The summed E-state index contributed by atoms with van der Waals surface area (Å²) in [6.07, 6.45) is 0. The summed E-state index contributed by atoms with van der Waals surface area (Å²) >= 11 is 5.19. The van der Waals surface area contributed by atoms with Crippen LogP contribution in [-0.2, 0) is 6.54 Å². The molecular weight excluding hydrogens is 360 g/mol. The molecule has 0 aliphatic heterocycles. The van der Waals surface area contributed by atoms with E-state index in [4.69, 9.17) is 17.0 Å². The van der Waals surface area contributed by atoms with E-state index >= 15 is 0 Å². The van der Waals surface area contributed by atoms with Crippen LogP contribution < -0.4 is 20.9 Å². The third-order valence-corrected chi connectivity index (χ3v) is 4.29. The number of carbonyl (C=O) groups is 1. The highest BCUT2D eigenvalue weighted by Crippen LogP contribution is 2.21. The Bertz CT molecular complexity index is 976. The van der Waals surface area contributed by atoms with Crippen LogP contribution in [0.15, 0.2) is 54.6 Å². The summed E-state index contributed by atoms with van der Waals surface area (Å²) in [5.41, 5.74) is 8.29. The predicted molar refractivity (Wildman–Crippen MR) is 110 cm³/mol. The monoisotopic (exact) mass is 380 g/mol. The van der Waals surface area contributed by atoms with Crippen LogP contribution in [0.5, 0.6) is 5.75 Å². The first-order valence-corrected chi connectivity index (χ1v) is 8.81. The number of amides is 1. The number of aromatic nitrogens is 1. The number of carbonyl (C=O) groups excluding carboxylic acids is 1. The Hall–Kier alpha value is -3.19. The number of thiocarbonyl (C=S) groups is 1. The minimum atomic E-state index is -0.304. The highest BCUT2D eigenvalue weighted by Gasteiger charge is 2.12. The van der Waals surface area contributed by atoms with E-state index in [1.165, 1.54) is 0 Å². The molecule has 0 unspecified atom stereocenters. The minimum Gasteiger partial charge on any atom is -0.497 e. The first-order chi connectivity index (χ1) is 13.1. The van der Waals surface area contributed by atoms with Crippen LogP contribution in [-0.4, -0.2) is 23.1 Å². The maximum absolute atomic E-state index is 12.5. The second kappa shape index (κ2) is 8.46. The molecule has 0 saturated carbocycles. The van der Waals surface area contributed by atoms with E-state index in [2.05, 4.69) is 21.2 Å². The number of hydrazine groups is 1. The lowest BCUT2D eigenvalue weighted by Gasteiger charge is -2.13. The standard InChI is InChI=1S/C20H20N4O2S/c1-13-17(10-15-8-9-16(26-2)11-18(15)22-13)19(25)23-24-20(27)21-12-14-6-4-3-5-7-14/h3-11H,12H2,1-2H3,(H,23,25)(H2,21,24,27). The molecule has 1 heterocycles. The largest absolute Gasteiger partial charge is 0.497 e. The van der Waals surface area contributed by atoms with Gasteiger partial charge in [-0.15, -0.1) is 0 Å². The normalized spacial score (nSPS) is 10.3. The highest BCUT2D eigenvalue weighted by molar-refractivity contribution is 7.80. The van der Waals surface area contributed by atoms with Gasteiger partial charge < -0.3 is 10.1 Å². The van der Waals surface area contributed by atoms with Crippen molar-refractivity contribution in [3.8, 4) is 5.75 Å². The van der Waals surface area contributed by atoms with Gasteiger partial charge in [-0.3, -0.25) is 20.6 Å². The van der Waals surface area contributed by atoms with Gasteiger partial charge in [0.15, 0.2) is 5.11 Å². The summed E-state index contributed by atoms with van der Waals surface area (Å²) in [6, 6.07) is 17.2. The molecule has 3 aromatic rings. The second-order valence-electron chi connectivity index (χ2n) is 5.93. The fraction of sp³-hybridized carbons (Fsp3) is 0.150. The SMILES string of the molecule is COc1ccc2cc(C(=O)NNC(=S)NCc3ccccc3)c(C)nc2c1. The number of rotatable bonds is 4. The zero-order chi connectivity index (χ0) is 19.2. The van der Waals surface area contributed by atoms with Crippen LogP contribution in [0.4, 0.5) is 0 Å². The van der Waals surface area contributed by atoms with Crippen LogP contribution in [0.2, 0.25) is 0 Å². The van der Waals surface area contributed by atoms with Crippen LogP contribution in [0.3, 0.4) is 0 Å². The Morgan fingerprint density at radius 3 is 2.63 bits per heavy atom. The van der Waals surface area contributed by atoms with E-state index in [0.29, 0.717) is 22.9 Å². The van der Waals surface area contributed by atoms with Crippen molar-refractivity contribution in [2.24, 2.45) is 0 Å². The van der Waals surface area contributed by atoms with Gasteiger partial charge >= 0.3 is 0 Å². The number of hydrogen-bond acceptors (Lipinski definition) is 4. The molecule has 1 amide bonds. The lowest BCUT2D eigenvalue weighted by molar-refractivity contribution is 0.0943. The van der Waals surface area contributed by atoms with Crippen molar-refractivity contribution < 1.29 is 9.53 Å². The Kier molecular flexibility index (Phi) is 5.83. The number of methoxy groups -OCH3 is 1. The molecule has 3 N–H and O–H groups in total. The van der Waals surface area contributed by atoms with E-state index < -0.39 is 0 Å². The van der Waals surface area contributed by atoms with Gasteiger partial charge in [-0.05, 0) is 42.9 Å². The van der Waals surface area contributed by atoms with Crippen molar-refractivity contribution in [1.82, 2.24) is 21.2 Å². The van der Waals surface area contributed by atoms with Gasteiger partial charge in [0.2, 0.25) is 0 Å². The Balaban J connectivity index is 1.62. The first kappa shape index (κ1) is 18.6. The third kappa shape index (κ3) is 4.71. The van der Waals surface area contributed by atoms with E-state index in [0.717, 1.165) is 22.2 Å². The average Bonchev–Trinajstić information content (AvgIpc) is 2.70. The van der Waals surface area contributed by atoms with Gasteiger partial charge in [0.1, 0.15) is 5.75 Å². The van der Waals surface area contributed by atoms with E-state index in [-0.39, 0.29) is 5.91 Å². The summed E-state index contributed by atoms with van der Waals surface area (Å²) in [5, 5.41) is 4.23. The second-order valence-corrected chi connectivity index (χ2v) is 6.34. The van der Waals surface area contributed by atoms with Crippen molar-refractivity contribution in [3.05, 3.63) is 71.4 Å². The van der Waals surface area contributed by atoms with Crippen molar-refractivity contribution in [2.75, 3.05) is 7.11 Å². The zero-order valence-electron chi connectivity index (χ0n) is 15.1. The number of nitrogens with zero attached hydrogens (tertiary/aromatic N) is 1. The smallest absolute Gasteiger partial charge is 0.271 e. The molecule has 0 spiro atoms.